The zero-order valence-electron chi connectivity index (χ0n) is 22.6. The van der Waals surface area contributed by atoms with Crippen LogP contribution in [0, 0.1) is 11.3 Å². The van der Waals surface area contributed by atoms with E-state index in [0.29, 0.717) is 23.0 Å². The Morgan fingerprint density at radius 3 is 1.48 bits per heavy atom. The molecule has 0 radical (unpaired) electrons. The topological polar surface area (TPSA) is 62.5 Å². The third-order valence-corrected chi connectivity index (χ3v) is 7.38. The van der Waals surface area contributed by atoms with Crippen molar-refractivity contribution in [3.8, 4) is 62.5 Å². The average Bonchev–Trinajstić information content (AvgIpc) is 3.08. The molecule has 0 atom stereocenters. The van der Waals surface area contributed by atoms with E-state index in [-0.39, 0.29) is 0 Å². The Balaban J connectivity index is 1.26. The van der Waals surface area contributed by atoms with Gasteiger partial charge < -0.3 is 0 Å². The van der Waals surface area contributed by atoms with Crippen molar-refractivity contribution in [3.63, 3.8) is 0 Å². The second-order valence-electron chi connectivity index (χ2n) is 10.0. The highest BCUT2D eigenvalue weighted by molar-refractivity contribution is 5.98. The van der Waals surface area contributed by atoms with Gasteiger partial charge in [0.2, 0.25) is 0 Å². The minimum absolute atomic E-state index is 0.638. The molecule has 0 saturated carbocycles. The van der Waals surface area contributed by atoms with Gasteiger partial charge >= 0.3 is 0 Å². The Morgan fingerprint density at radius 1 is 0.405 bits per heavy atom. The molecule has 0 fully saturated rings. The minimum atomic E-state index is 0.638. The molecule has 42 heavy (non-hydrogen) atoms. The highest BCUT2D eigenvalue weighted by Gasteiger charge is 2.13. The summed E-state index contributed by atoms with van der Waals surface area (Å²) in [4.78, 5) is 14.5. The van der Waals surface area contributed by atoms with Gasteiger partial charge in [-0.15, -0.1) is 0 Å². The van der Waals surface area contributed by atoms with Crippen molar-refractivity contribution in [3.05, 3.63) is 151 Å². The number of hydrogen-bond donors (Lipinski definition) is 0. The van der Waals surface area contributed by atoms with Gasteiger partial charge in [-0.05, 0) is 51.2 Å². The van der Waals surface area contributed by atoms with Crippen LogP contribution >= 0.6 is 0 Å². The molecule has 0 aliphatic rings. The zero-order chi connectivity index (χ0) is 28.3. The summed E-state index contributed by atoms with van der Waals surface area (Å²) in [5.74, 6) is 1.94. The first-order valence-electron chi connectivity index (χ1n) is 13.8. The van der Waals surface area contributed by atoms with Gasteiger partial charge in [0.1, 0.15) is 0 Å². The second-order valence-corrected chi connectivity index (χ2v) is 10.0. The molecule has 0 amide bonds. The molecule has 6 aromatic carbocycles. The summed E-state index contributed by atoms with van der Waals surface area (Å²) in [6.45, 7) is 0. The number of hydrogen-bond acceptors (Lipinski definition) is 4. The third kappa shape index (κ3) is 4.92. The van der Waals surface area contributed by atoms with Gasteiger partial charge in [0.05, 0.1) is 11.6 Å². The molecule has 4 nitrogen and oxygen atoms in total. The van der Waals surface area contributed by atoms with Crippen molar-refractivity contribution >= 4 is 10.8 Å². The molecular weight excluding hydrogens is 512 g/mol. The maximum absolute atomic E-state index is 9.12. The van der Waals surface area contributed by atoms with Crippen LogP contribution in [0.4, 0.5) is 0 Å². The maximum atomic E-state index is 9.12. The fourth-order valence-corrected chi connectivity index (χ4v) is 5.19. The van der Waals surface area contributed by atoms with Crippen molar-refractivity contribution in [2.24, 2.45) is 0 Å². The highest BCUT2D eigenvalue weighted by Crippen LogP contribution is 2.33. The molecule has 0 N–H and O–H groups in total. The maximum Gasteiger partial charge on any atom is 0.164 e. The Morgan fingerprint density at radius 2 is 0.905 bits per heavy atom. The Bertz CT molecular complexity index is 2000. The summed E-state index contributed by atoms with van der Waals surface area (Å²) in [7, 11) is 0. The number of benzene rings is 6. The zero-order valence-corrected chi connectivity index (χ0v) is 22.6. The van der Waals surface area contributed by atoms with E-state index in [4.69, 9.17) is 20.2 Å². The predicted molar refractivity (Wildman–Crippen MR) is 169 cm³/mol. The fraction of sp³-hybridized carbons (Fsp3) is 0. The molecule has 196 valence electrons. The highest BCUT2D eigenvalue weighted by atomic mass is 15.0. The Labute approximate surface area is 244 Å². The first-order valence-corrected chi connectivity index (χ1v) is 13.8. The van der Waals surface area contributed by atoms with E-state index in [0.717, 1.165) is 44.3 Å². The summed E-state index contributed by atoms with van der Waals surface area (Å²) in [5.41, 5.74) is 7.99. The van der Waals surface area contributed by atoms with Crippen LogP contribution in [0.1, 0.15) is 5.56 Å². The fourth-order valence-electron chi connectivity index (χ4n) is 5.19. The van der Waals surface area contributed by atoms with Crippen LogP contribution in [0.3, 0.4) is 0 Å². The van der Waals surface area contributed by atoms with Crippen molar-refractivity contribution in [2.75, 3.05) is 0 Å². The SMILES string of the molecule is N#Cc1ccc(-c2ccc3c(-c4ccc(-c5nc(-c6ccccc6)nc(-c6ccccc6)n5)cc4)cccc3c2)cc1. The van der Waals surface area contributed by atoms with Crippen molar-refractivity contribution in [2.45, 2.75) is 0 Å². The predicted octanol–water partition coefficient (Wildman–Crippen LogP) is 9.23. The van der Waals surface area contributed by atoms with Gasteiger partial charge in [-0.3, -0.25) is 0 Å². The van der Waals surface area contributed by atoms with Crippen molar-refractivity contribution in [1.29, 1.82) is 5.26 Å². The molecule has 1 aromatic heterocycles. The first-order chi connectivity index (χ1) is 20.7. The van der Waals surface area contributed by atoms with E-state index < -0.39 is 0 Å². The molecule has 0 saturated heterocycles. The average molecular weight is 537 g/mol. The summed E-state index contributed by atoms with van der Waals surface area (Å²) in [5, 5.41) is 11.5. The minimum Gasteiger partial charge on any atom is -0.208 e. The third-order valence-electron chi connectivity index (χ3n) is 7.38. The summed E-state index contributed by atoms with van der Waals surface area (Å²) in [6, 6.07) is 51.3. The lowest BCUT2D eigenvalue weighted by molar-refractivity contribution is 1.07. The summed E-state index contributed by atoms with van der Waals surface area (Å²) < 4.78 is 0. The molecule has 0 aliphatic heterocycles. The smallest absolute Gasteiger partial charge is 0.164 e. The van der Waals surface area contributed by atoms with Crippen molar-refractivity contribution in [1.82, 2.24) is 15.0 Å². The normalized spacial score (nSPS) is 10.8. The number of nitriles is 1. The monoisotopic (exact) mass is 536 g/mol. The van der Waals surface area contributed by atoms with Crippen molar-refractivity contribution < 1.29 is 0 Å². The molecule has 0 bridgehead atoms. The van der Waals surface area contributed by atoms with Crippen LogP contribution in [0.5, 0.6) is 0 Å². The van der Waals surface area contributed by atoms with Crippen LogP contribution in [-0.4, -0.2) is 15.0 Å². The molecular formula is C38H24N4. The molecule has 1 heterocycles. The van der Waals surface area contributed by atoms with Crippen LogP contribution in [-0.2, 0) is 0 Å². The lowest BCUT2D eigenvalue weighted by Crippen LogP contribution is -2.00. The lowest BCUT2D eigenvalue weighted by Gasteiger charge is -2.11. The second kappa shape index (κ2) is 10.9. The van der Waals surface area contributed by atoms with Gasteiger partial charge in [0.15, 0.2) is 17.5 Å². The molecule has 7 aromatic rings. The lowest BCUT2D eigenvalue weighted by atomic mass is 9.94. The van der Waals surface area contributed by atoms with Gasteiger partial charge in [0.25, 0.3) is 0 Å². The van der Waals surface area contributed by atoms with E-state index in [1.807, 2.05) is 84.9 Å². The molecule has 7 rings (SSSR count). The number of rotatable bonds is 5. The number of aromatic nitrogens is 3. The van der Waals surface area contributed by atoms with Gasteiger partial charge in [-0.1, -0.05) is 127 Å². The standard InChI is InChI=1S/C38H24N4/c39-25-26-14-16-27(17-15-26)32-22-23-35-33(24-32)12-7-13-34(35)28-18-20-31(21-19-28)38-41-36(29-8-3-1-4-9-29)40-37(42-38)30-10-5-2-6-11-30/h1-24H. The molecule has 0 spiro atoms. The van der Waals surface area contributed by atoms with E-state index >= 15 is 0 Å². The largest absolute Gasteiger partial charge is 0.208 e. The van der Waals surface area contributed by atoms with E-state index in [1.54, 1.807) is 0 Å². The Hall–Kier alpha value is -5.92. The first kappa shape index (κ1) is 25.1. The number of nitrogens with zero attached hydrogens (tertiary/aromatic N) is 4. The van der Waals surface area contributed by atoms with E-state index in [1.165, 1.54) is 5.39 Å². The number of fused-ring (bicyclic) bond motifs is 1. The van der Waals surface area contributed by atoms with E-state index in [2.05, 4.69) is 66.7 Å². The van der Waals surface area contributed by atoms with Crippen LogP contribution in [0.25, 0.3) is 67.2 Å². The van der Waals surface area contributed by atoms with Crippen LogP contribution in [0.2, 0.25) is 0 Å². The van der Waals surface area contributed by atoms with Gasteiger partial charge in [0, 0.05) is 16.7 Å². The van der Waals surface area contributed by atoms with Crippen LogP contribution < -0.4 is 0 Å². The summed E-state index contributed by atoms with van der Waals surface area (Å²) >= 11 is 0. The van der Waals surface area contributed by atoms with Gasteiger partial charge in [-0.2, -0.15) is 5.26 Å². The van der Waals surface area contributed by atoms with E-state index in [9.17, 15) is 0 Å². The molecule has 0 unspecified atom stereocenters. The Kier molecular flexibility index (Phi) is 6.52. The summed E-state index contributed by atoms with van der Waals surface area (Å²) in [6.07, 6.45) is 0. The molecule has 4 heteroatoms. The van der Waals surface area contributed by atoms with Crippen LogP contribution in [0.15, 0.2) is 146 Å². The molecule has 0 aliphatic carbocycles. The van der Waals surface area contributed by atoms with Gasteiger partial charge in [-0.25, -0.2) is 15.0 Å². The quantitative estimate of drug-likeness (QED) is 0.220.